The van der Waals surface area contributed by atoms with Crippen molar-refractivity contribution < 1.29 is 27.4 Å². The Bertz CT molecular complexity index is 1040. The molecule has 10 heteroatoms. The largest absolute Gasteiger partial charge is 0.497 e. The topological polar surface area (TPSA) is 73.7 Å². The summed E-state index contributed by atoms with van der Waals surface area (Å²) in [5, 5.41) is 0. The number of rotatable bonds is 6. The molecule has 180 valence electrons. The molecule has 2 heterocycles. The minimum absolute atomic E-state index is 0.0553. The quantitative estimate of drug-likeness (QED) is 0.602. The van der Waals surface area contributed by atoms with E-state index in [1.807, 2.05) is 0 Å². The SMILES string of the molecule is COc1ccc(Cn2cc(C3CCCN3CC(=O)OC(C)(C)C)nc(C(F)(F)F)c2=O)cc1. The van der Waals surface area contributed by atoms with E-state index in [-0.39, 0.29) is 18.8 Å². The van der Waals surface area contributed by atoms with Gasteiger partial charge in [0.15, 0.2) is 0 Å². The van der Waals surface area contributed by atoms with E-state index in [0.29, 0.717) is 30.7 Å². The first-order valence-corrected chi connectivity index (χ1v) is 10.6. The van der Waals surface area contributed by atoms with Gasteiger partial charge in [0.2, 0.25) is 5.69 Å². The average Bonchev–Trinajstić information content (AvgIpc) is 3.15. The molecule has 33 heavy (non-hydrogen) atoms. The van der Waals surface area contributed by atoms with Crippen molar-refractivity contribution in [3.8, 4) is 5.75 Å². The second-order valence-electron chi connectivity index (χ2n) is 9.01. The van der Waals surface area contributed by atoms with Crippen molar-refractivity contribution >= 4 is 5.97 Å². The summed E-state index contributed by atoms with van der Waals surface area (Å²) in [6.07, 6.45) is -2.33. The lowest BCUT2D eigenvalue weighted by Gasteiger charge is -2.26. The number of hydrogen-bond donors (Lipinski definition) is 0. The molecule has 1 aromatic carbocycles. The molecule has 0 amide bonds. The van der Waals surface area contributed by atoms with E-state index in [1.54, 1.807) is 49.9 Å². The second kappa shape index (κ2) is 9.54. The molecule has 7 nitrogen and oxygen atoms in total. The highest BCUT2D eigenvalue weighted by Crippen LogP contribution is 2.33. The van der Waals surface area contributed by atoms with Crippen LogP contribution in [0.2, 0.25) is 0 Å². The number of carbonyl (C=O) groups excluding carboxylic acids is 1. The van der Waals surface area contributed by atoms with E-state index in [2.05, 4.69) is 4.98 Å². The van der Waals surface area contributed by atoms with E-state index in [1.165, 1.54) is 13.3 Å². The maximum absolute atomic E-state index is 13.6. The fourth-order valence-corrected chi connectivity index (χ4v) is 3.84. The minimum atomic E-state index is -4.90. The zero-order valence-electron chi connectivity index (χ0n) is 19.1. The van der Waals surface area contributed by atoms with Crippen molar-refractivity contribution in [2.24, 2.45) is 0 Å². The number of likely N-dealkylation sites (tertiary alicyclic amines) is 1. The number of carbonyl (C=O) groups is 1. The zero-order valence-corrected chi connectivity index (χ0v) is 19.1. The van der Waals surface area contributed by atoms with Gasteiger partial charge in [-0.05, 0) is 57.9 Å². The molecular formula is C23H28F3N3O4. The lowest BCUT2D eigenvalue weighted by molar-refractivity contribution is -0.156. The van der Waals surface area contributed by atoms with Crippen LogP contribution in [0.4, 0.5) is 13.2 Å². The van der Waals surface area contributed by atoms with E-state index in [0.717, 1.165) is 4.57 Å². The maximum atomic E-state index is 13.6. The molecule has 1 saturated heterocycles. The summed E-state index contributed by atoms with van der Waals surface area (Å²) >= 11 is 0. The summed E-state index contributed by atoms with van der Waals surface area (Å²) in [6, 6.07) is 6.19. The number of benzene rings is 1. The Morgan fingerprint density at radius 1 is 1.18 bits per heavy atom. The molecule has 0 spiro atoms. The van der Waals surface area contributed by atoms with Gasteiger partial charge >= 0.3 is 12.1 Å². The van der Waals surface area contributed by atoms with E-state index in [9.17, 15) is 22.8 Å². The lowest BCUT2D eigenvalue weighted by Crippen LogP contribution is -2.36. The molecule has 3 rings (SSSR count). The number of hydrogen-bond acceptors (Lipinski definition) is 6. The molecular weight excluding hydrogens is 439 g/mol. The van der Waals surface area contributed by atoms with Crippen LogP contribution < -0.4 is 10.3 Å². The first-order valence-electron chi connectivity index (χ1n) is 10.6. The van der Waals surface area contributed by atoms with Crippen molar-refractivity contribution in [2.45, 2.75) is 58.0 Å². The highest BCUT2D eigenvalue weighted by molar-refractivity contribution is 5.72. The number of halogens is 3. The minimum Gasteiger partial charge on any atom is -0.497 e. The molecule has 1 fully saturated rings. The third-order valence-corrected chi connectivity index (χ3v) is 5.23. The van der Waals surface area contributed by atoms with Gasteiger partial charge in [0.1, 0.15) is 11.4 Å². The lowest BCUT2D eigenvalue weighted by atomic mass is 10.1. The molecule has 1 aliphatic rings. The Labute approximate surface area is 190 Å². The molecule has 1 aromatic heterocycles. The fourth-order valence-electron chi connectivity index (χ4n) is 3.84. The molecule has 0 saturated carbocycles. The summed E-state index contributed by atoms with van der Waals surface area (Å²) in [7, 11) is 1.51. The second-order valence-corrected chi connectivity index (χ2v) is 9.01. The molecule has 0 N–H and O–H groups in total. The standard InChI is InChI=1S/C23H28F3N3O4/c1-22(2,3)33-19(30)14-28-11-5-6-18(28)17-13-29(21(31)20(27-17)23(24,25)26)12-15-7-9-16(32-4)10-8-15/h7-10,13,18H,5-6,11-12,14H2,1-4H3. The monoisotopic (exact) mass is 467 g/mol. The van der Waals surface area contributed by atoms with Crippen molar-refractivity contribution in [1.29, 1.82) is 0 Å². The van der Waals surface area contributed by atoms with Crippen LogP contribution >= 0.6 is 0 Å². The van der Waals surface area contributed by atoms with Gasteiger partial charge in [-0.15, -0.1) is 0 Å². The van der Waals surface area contributed by atoms with Crippen LogP contribution in [0.3, 0.4) is 0 Å². The third-order valence-electron chi connectivity index (χ3n) is 5.23. The van der Waals surface area contributed by atoms with Crippen LogP contribution in [-0.2, 0) is 22.3 Å². The van der Waals surface area contributed by atoms with Gasteiger partial charge in [0.05, 0.1) is 31.9 Å². The predicted molar refractivity (Wildman–Crippen MR) is 115 cm³/mol. The van der Waals surface area contributed by atoms with Gasteiger partial charge < -0.3 is 14.0 Å². The normalized spacial score (nSPS) is 17.2. The first kappa shape index (κ1) is 24.8. The van der Waals surface area contributed by atoms with Crippen molar-refractivity contribution in [1.82, 2.24) is 14.5 Å². The van der Waals surface area contributed by atoms with Crippen LogP contribution in [0.25, 0.3) is 0 Å². The van der Waals surface area contributed by atoms with E-state index < -0.39 is 35.0 Å². The number of methoxy groups -OCH3 is 1. The highest BCUT2D eigenvalue weighted by Gasteiger charge is 2.39. The van der Waals surface area contributed by atoms with Crippen molar-refractivity contribution in [3.05, 3.63) is 57.8 Å². The van der Waals surface area contributed by atoms with E-state index in [4.69, 9.17) is 9.47 Å². The maximum Gasteiger partial charge on any atom is 0.438 e. The van der Waals surface area contributed by atoms with Gasteiger partial charge in [-0.1, -0.05) is 12.1 Å². The zero-order chi connectivity index (χ0) is 24.4. The molecule has 1 atom stereocenters. The molecule has 2 aromatic rings. The Kier molecular flexibility index (Phi) is 7.16. The number of esters is 1. The first-order chi connectivity index (χ1) is 15.4. The van der Waals surface area contributed by atoms with Gasteiger partial charge in [-0.25, -0.2) is 4.98 Å². The van der Waals surface area contributed by atoms with Crippen LogP contribution in [0, 0.1) is 0 Å². The summed E-state index contributed by atoms with van der Waals surface area (Å²) in [4.78, 5) is 30.4. The highest BCUT2D eigenvalue weighted by atomic mass is 19.4. The predicted octanol–water partition coefficient (Wildman–Crippen LogP) is 3.80. The summed E-state index contributed by atoms with van der Waals surface area (Å²) in [5.41, 5.74) is -2.59. The molecule has 1 unspecified atom stereocenters. The van der Waals surface area contributed by atoms with Crippen molar-refractivity contribution in [2.75, 3.05) is 20.2 Å². The van der Waals surface area contributed by atoms with Gasteiger partial charge in [0, 0.05) is 6.20 Å². The Hall–Kier alpha value is -2.88. The molecule has 0 radical (unpaired) electrons. The van der Waals surface area contributed by atoms with Gasteiger partial charge in [0.25, 0.3) is 5.56 Å². The summed E-state index contributed by atoms with van der Waals surface area (Å²) in [6.45, 7) is 5.64. The number of nitrogens with zero attached hydrogens (tertiary/aromatic N) is 3. The van der Waals surface area contributed by atoms with Gasteiger partial charge in [-0.3, -0.25) is 14.5 Å². The number of alkyl halides is 3. The fraction of sp³-hybridized carbons (Fsp3) is 0.522. The molecule has 0 aliphatic carbocycles. The third kappa shape index (κ3) is 6.34. The van der Waals surface area contributed by atoms with Crippen LogP contribution in [-0.4, -0.2) is 46.2 Å². The summed E-state index contributed by atoms with van der Waals surface area (Å²) < 4.78 is 52.4. The van der Waals surface area contributed by atoms with Crippen LogP contribution in [0.15, 0.2) is 35.3 Å². The van der Waals surface area contributed by atoms with Gasteiger partial charge in [-0.2, -0.15) is 13.2 Å². The summed E-state index contributed by atoms with van der Waals surface area (Å²) in [5.74, 6) is 0.137. The van der Waals surface area contributed by atoms with Crippen LogP contribution in [0.1, 0.15) is 56.6 Å². The van der Waals surface area contributed by atoms with E-state index >= 15 is 0 Å². The Morgan fingerprint density at radius 2 is 1.85 bits per heavy atom. The smallest absolute Gasteiger partial charge is 0.438 e. The molecule has 0 bridgehead atoms. The number of ether oxygens (including phenoxy) is 2. The Balaban J connectivity index is 1.94. The van der Waals surface area contributed by atoms with Crippen LogP contribution in [0.5, 0.6) is 5.75 Å². The molecule has 1 aliphatic heterocycles. The average molecular weight is 467 g/mol. The number of aromatic nitrogens is 2. The van der Waals surface area contributed by atoms with Crippen molar-refractivity contribution in [3.63, 3.8) is 0 Å². The Morgan fingerprint density at radius 3 is 2.42 bits per heavy atom.